The first kappa shape index (κ1) is 14.9. The molecule has 0 spiro atoms. The van der Waals surface area contributed by atoms with Crippen molar-refractivity contribution >= 4 is 10.0 Å². The van der Waals surface area contributed by atoms with E-state index in [2.05, 4.69) is 0 Å². The van der Waals surface area contributed by atoms with Crippen LogP contribution in [0, 0.1) is 5.41 Å². The minimum absolute atomic E-state index is 0.107. The van der Waals surface area contributed by atoms with Gasteiger partial charge in [0.2, 0.25) is 10.0 Å². The van der Waals surface area contributed by atoms with Crippen molar-refractivity contribution in [3.63, 3.8) is 0 Å². The van der Waals surface area contributed by atoms with Crippen LogP contribution in [0.4, 0.5) is 0 Å². The van der Waals surface area contributed by atoms with E-state index in [0.29, 0.717) is 0 Å². The molecule has 0 aromatic heterocycles. The van der Waals surface area contributed by atoms with Gasteiger partial charge in [-0.2, -0.15) is 4.31 Å². The molecule has 0 bridgehead atoms. The van der Waals surface area contributed by atoms with Gasteiger partial charge in [-0.3, -0.25) is 0 Å². The third kappa shape index (κ3) is 5.49. The van der Waals surface area contributed by atoms with Gasteiger partial charge < -0.3 is 5.11 Å². The molecule has 1 N–H and O–H groups in total. The van der Waals surface area contributed by atoms with Crippen LogP contribution in [0.2, 0.25) is 0 Å². The molecule has 4 nitrogen and oxygen atoms in total. The SMILES string of the molecule is CC(C)N(CCO)S(=O)(=O)CC(C)(C)C. The molecule has 0 saturated heterocycles. The Morgan fingerprint density at radius 1 is 1.27 bits per heavy atom. The molecule has 0 aliphatic rings. The molecule has 0 amide bonds. The lowest BCUT2D eigenvalue weighted by molar-refractivity contribution is 0.235. The fraction of sp³-hybridized carbons (Fsp3) is 1.00. The Kier molecular flexibility index (Phi) is 5.23. The molecule has 0 aliphatic carbocycles. The zero-order valence-corrected chi connectivity index (χ0v) is 11.1. The summed E-state index contributed by atoms with van der Waals surface area (Å²) in [5, 5.41) is 8.84. The second-order valence-electron chi connectivity index (χ2n) is 5.24. The first-order valence-corrected chi connectivity index (χ1v) is 6.81. The molecule has 5 heteroatoms. The summed E-state index contributed by atoms with van der Waals surface area (Å²) in [6, 6.07) is -0.107. The lowest BCUT2D eigenvalue weighted by Crippen LogP contribution is -2.42. The van der Waals surface area contributed by atoms with E-state index in [-0.39, 0.29) is 30.4 Å². The second kappa shape index (κ2) is 5.27. The predicted molar refractivity (Wildman–Crippen MR) is 62.2 cm³/mol. The highest BCUT2D eigenvalue weighted by Crippen LogP contribution is 2.19. The number of aliphatic hydroxyl groups excluding tert-OH is 1. The molecule has 0 rings (SSSR count). The maximum atomic E-state index is 12.0. The van der Waals surface area contributed by atoms with Crippen molar-refractivity contribution in [2.45, 2.75) is 40.7 Å². The van der Waals surface area contributed by atoms with Crippen LogP contribution in [-0.2, 0) is 10.0 Å². The van der Waals surface area contributed by atoms with Gasteiger partial charge in [-0.15, -0.1) is 0 Å². The monoisotopic (exact) mass is 237 g/mol. The van der Waals surface area contributed by atoms with E-state index in [0.717, 1.165) is 0 Å². The van der Waals surface area contributed by atoms with Gasteiger partial charge in [-0.25, -0.2) is 8.42 Å². The number of hydrogen-bond donors (Lipinski definition) is 1. The first-order chi connectivity index (χ1) is 6.60. The van der Waals surface area contributed by atoms with Gasteiger partial charge in [-0.05, 0) is 19.3 Å². The zero-order valence-electron chi connectivity index (χ0n) is 10.3. The first-order valence-electron chi connectivity index (χ1n) is 5.20. The lowest BCUT2D eigenvalue weighted by atomic mass is 10.0. The maximum absolute atomic E-state index is 12.0. The minimum atomic E-state index is -3.27. The summed E-state index contributed by atoms with van der Waals surface area (Å²) in [6.07, 6.45) is 0. The van der Waals surface area contributed by atoms with Gasteiger partial charge in [0.15, 0.2) is 0 Å². The van der Waals surface area contributed by atoms with E-state index in [9.17, 15) is 8.42 Å². The molecule has 0 unspecified atom stereocenters. The van der Waals surface area contributed by atoms with Crippen molar-refractivity contribution in [2.75, 3.05) is 18.9 Å². The van der Waals surface area contributed by atoms with Crippen LogP contribution in [0.25, 0.3) is 0 Å². The highest BCUT2D eigenvalue weighted by Gasteiger charge is 2.29. The van der Waals surface area contributed by atoms with Crippen LogP contribution in [0.15, 0.2) is 0 Å². The van der Waals surface area contributed by atoms with Crippen molar-refractivity contribution in [3.05, 3.63) is 0 Å². The van der Waals surface area contributed by atoms with Crippen molar-refractivity contribution in [1.82, 2.24) is 4.31 Å². The Morgan fingerprint density at radius 3 is 2.00 bits per heavy atom. The predicted octanol–water partition coefficient (Wildman–Crippen LogP) is 1.06. The summed E-state index contributed by atoms with van der Waals surface area (Å²) in [4.78, 5) is 0. The minimum Gasteiger partial charge on any atom is -0.395 e. The fourth-order valence-corrected chi connectivity index (χ4v) is 3.71. The Bertz CT molecular complexity index is 278. The molecule has 0 aromatic rings. The standard InChI is InChI=1S/C10H23NO3S/c1-9(2)11(6-7-12)15(13,14)8-10(3,4)5/h9,12H,6-8H2,1-5H3. The smallest absolute Gasteiger partial charge is 0.214 e. The largest absolute Gasteiger partial charge is 0.395 e. The summed E-state index contributed by atoms with van der Waals surface area (Å²) < 4.78 is 25.3. The molecular formula is C10H23NO3S. The lowest BCUT2D eigenvalue weighted by Gasteiger charge is -2.28. The van der Waals surface area contributed by atoms with E-state index in [4.69, 9.17) is 5.11 Å². The number of nitrogens with zero attached hydrogens (tertiary/aromatic N) is 1. The number of hydrogen-bond acceptors (Lipinski definition) is 3. The number of rotatable bonds is 5. The van der Waals surface area contributed by atoms with Crippen molar-refractivity contribution in [3.8, 4) is 0 Å². The Hall–Kier alpha value is -0.130. The summed E-state index contributed by atoms with van der Waals surface area (Å²) >= 11 is 0. The van der Waals surface area contributed by atoms with E-state index < -0.39 is 10.0 Å². The molecular weight excluding hydrogens is 214 g/mol. The van der Waals surface area contributed by atoms with E-state index in [1.807, 2.05) is 34.6 Å². The summed E-state index contributed by atoms with van der Waals surface area (Å²) in [5.74, 6) is 0.109. The van der Waals surface area contributed by atoms with Crippen LogP contribution >= 0.6 is 0 Å². The molecule has 0 radical (unpaired) electrons. The van der Waals surface area contributed by atoms with Gasteiger partial charge >= 0.3 is 0 Å². The molecule has 15 heavy (non-hydrogen) atoms. The quantitative estimate of drug-likeness (QED) is 0.778. The number of sulfonamides is 1. The highest BCUT2D eigenvalue weighted by atomic mass is 32.2. The second-order valence-corrected chi connectivity index (χ2v) is 7.17. The Morgan fingerprint density at radius 2 is 1.73 bits per heavy atom. The van der Waals surface area contributed by atoms with E-state index in [1.54, 1.807) is 0 Å². The third-order valence-corrected chi connectivity index (χ3v) is 4.42. The molecule has 0 aliphatic heterocycles. The van der Waals surface area contributed by atoms with Gasteiger partial charge in [0.1, 0.15) is 0 Å². The molecule has 0 fully saturated rings. The van der Waals surface area contributed by atoms with Crippen molar-refractivity contribution in [1.29, 1.82) is 0 Å². The maximum Gasteiger partial charge on any atom is 0.214 e. The van der Waals surface area contributed by atoms with Gasteiger partial charge in [0.25, 0.3) is 0 Å². The van der Waals surface area contributed by atoms with Gasteiger partial charge in [0, 0.05) is 12.6 Å². The molecule has 0 atom stereocenters. The van der Waals surface area contributed by atoms with Crippen molar-refractivity contribution in [2.24, 2.45) is 5.41 Å². The summed E-state index contributed by atoms with van der Waals surface area (Å²) in [7, 11) is -3.27. The van der Waals surface area contributed by atoms with Crippen LogP contribution in [-0.4, -0.2) is 42.8 Å². The zero-order chi connectivity index (χ0) is 12.3. The van der Waals surface area contributed by atoms with Crippen LogP contribution < -0.4 is 0 Å². The molecule has 92 valence electrons. The van der Waals surface area contributed by atoms with Gasteiger partial charge in [0.05, 0.1) is 12.4 Å². The average molecular weight is 237 g/mol. The highest BCUT2D eigenvalue weighted by molar-refractivity contribution is 7.89. The number of aliphatic hydroxyl groups is 1. The molecule has 0 aromatic carbocycles. The Balaban J connectivity index is 4.81. The normalized spacial score (nSPS) is 13.9. The molecule has 0 heterocycles. The van der Waals surface area contributed by atoms with Crippen LogP contribution in [0.3, 0.4) is 0 Å². The van der Waals surface area contributed by atoms with E-state index >= 15 is 0 Å². The summed E-state index contributed by atoms with van der Waals surface area (Å²) in [6.45, 7) is 9.34. The van der Waals surface area contributed by atoms with Crippen molar-refractivity contribution < 1.29 is 13.5 Å². The molecule has 0 saturated carbocycles. The average Bonchev–Trinajstić information content (AvgIpc) is 1.93. The van der Waals surface area contributed by atoms with E-state index in [1.165, 1.54) is 4.31 Å². The topological polar surface area (TPSA) is 57.6 Å². The fourth-order valence-electron chi connectivity index (χ4n) is 1.45. The van der Waals surface area contributed by atoms with Crippen LogP contribution in [0.5, 0.6) is 0 Å². The van der Waals surface area contributed by atoms with Gasteiger partial charge in [-0.1, -0.05) is 20.8 Å². The van der Waals surface area contributed by atoms with Crippen LogP contribution in [0.1, 0.15) is 34.6 Å². The Labute approximate surface area is 93.3 Å². The third-order valence-electron chi connectivity index (χ3n) is 1.87. The summed E-state index contributed by atoms with van der Waals surface area (Å²) in [5.41, 5.74) is -0.262.